The lowest BCUT2D eigenvalue weighted by Crippen LogP contribution is -2.49. The van der Waals surface area contributed by atoms with Gasteiger partial charge in [-0.05, 0) is 39.5 Å². The van der Waals surface area contributed by atoms with E-state index in [9.17, 15) is 15.0 Å². The maximum Gasteiger partial charge on any atom is 0.330 e. The van der Waals surface area contributed by atoms with Crippen molar-refractivity contribution in [2.45, 2.75) is 63.8 Å². The molecule has 0 saturated carbocycles. The molecule has 7 nitrogen and oxygen atoms in total. The fraction of sp³-hybridized carbons (Fsp3) is 0.706. The Bertz CT molecular complexity index is 481. The molecule has 138 valence electrons. The SMILES string of the molecule is CO[C@@H]1O[C@H](OC)[C@@](O)(CC/C=C(\C)CC/C=C(\C)C(=O)O)[C@H]1O. The zero-order valence-electron chi connectivity index (χ0n) is 14.7. The predicted molar refractivity (Wildman–Crippen MR) is 87.3 cm³/mol. The first-order chi connectivity index (χ1) is 11.3. The Morgan fingerprint density at radius 2 is 1.88 bits per heavy atom. The number of allylic oxidation sites excluding steroid dienone is 3. The number of carboxylic acids is 1. The van der Waals surface area contributed by atoms with Crippen molar-refractivity contribution in [1.82, 2.24) is 0 Å². The normalized spacial score (nSPS) is 31.5. The molecule has 0 aromatic heterocycles. The van der Waals surface area contributed by atoms with Gasteiger partial charge in [0.15, 0.2) is 12.6 Å². The van der Waals surface area contributed by atoms with Gasteiger partial charge in [-0.1, -0.05) is 17.7 Å². The van der Waals surface area contributed by atoms with E-state index >= 15 is 0 Å². The number of aliphatic hydroxyl groups excluding tert-OH is 1. The number of ether oxygens (including phenoxy) is 3. The van der Waals surface area contributed by atoms with Crippen molar-refractivity contribution >= 4 is 5.97 Å². The van der Waals surface area contributed by atoms with E-state index in [0.717, 1.165) is 12.0 Å². The van der Waals surface area contributed by atoms with Gasteiger partial charge in [0.05, 0.1) is 0 Å². The molecule has 1 aliphatic heterocycles. The summed E-state index contributed by atoms with van der Waals surface area (Å²) in [7, 11) is 2.79. The number of aliphatic hydroxyl groups is 2. The van der Waals surface area contributed by atoms with Gasteiger partial charge in [-0.3, -0.25) is 0 Å². The van der Waals surface area contributed by atoms with Crippen molar-refractivity contribution in [3.63, 3.8) is 0 Å². The summed E-state index contributed by atoms with van der Waals surface area (Å²) in [5.74, 6) is -0.910. The quantitative estimate of drug-likeness (QED) is 0.431. The van der Waals surface area contributed by atoms with Crippen LogP contribution in [0.4, 0.5) is 0 Å². The third kappa shape index (κ3) is 5.12. The van der Waals surface area contributed by atoms with Crippen LogP contribution in [0.5, 0.6) is 0 Å². The molecule has 0 aromatic rings. The van der Waals surface area contributed by atoms with Crippen molar-refractivity contribution in [1.29, 1.82) is 0 Å². The lowest BCUT2D eigenvalue weighted by molar-refractivity contribution is -0.219. The van der Waals surface area contributed by atoms with E-state index < -0.39 is 30.3 Å². The summed E-state index contributed by atoms with van der Waals surface area (Å²) in [6, 6.07) is 0. The molecule has 0 aliphatic carbocycles. The number of aliphatic carboxylic acids is 1. The monoisotopic (exact) mass is 344 g/mol. The highest BCUT2D eigenvalue weighted by Crippen LogP contribution is 2.35. The lowest BCUT2D eigenvalue weighted by atomic mass is 9.91. The predicted octanol–water partition coefficient (Wildman–Crippen LogP) is 1.59. The van der Waals surface area contributed by atoms with Crippen LogP contribution in [-0.4, -0.2) is 59.8 Å². The first-order valence-corrected chi connectivity index (χ1v) is 7.93. The molecular formula is C17H28O7. The lowest BCUT2D eigenvalue weighted by Gasteiger charge is -2.29. The molecule has 0 aromatic carbocycles. The maximum absolute atomic E-state index is 10.7. The van der Waals surface area contributed by atoms with Crippen LogP contribution in [0.3, 0.4) is 0 Å². The van der Waals surface area contributed by atoms with Gasteiger partial charge < -0.3 is 29.5 Å². The van der Waals surface area contributed by atoms with Gasteiger partial charge in [-0.2, -0.15) is 0 Å². The minimum atomic E-state index is -1.54. The second kappa shape index (κ2) is 9.29. The number of carbonyl (C=O) groups is 1. The Morgan fingerprint density at radius 3 is 2.42 bits per heavy atom. The van der Waals surface area contributed by atoms with Crippen LogP contribution in [0.15, 0.2) is 23.3 Å². The molecule has 1 rings (SSSR count). The van der Waals surface area contributed by atoms with Crippen LogP contribution in [0.1, 0.15) is 39.5 Å². The Balaban J connectivity index is 2.55. The minimum Gasteiger partial charge on any atom is -0.478 e. The Kier molecular flexibility index (Phi) is 8.05. The molecule has 4 atom stereocenters. The van der Waals surface area contributed by atoms with Crippen molar-refractivity contribution in [3.05, 3.63) is 23.3 Å². The second-order valence-electron chi connectivity index (χ2n) is 6.06. The van der Waals surface area contributed by atoms with Crippen LogP contribution in [0.2, 0.25) is 0 Å². The highest BCUT2D eigenvalue weighted by Gasteiger charge is 2.55. The molecule has 24 heavy (non-hydrogen) atoms. The summed E-state index contributed by atoms with van der Waals surface area (Å²) in [6.07, 6.45) is 2.74. The van der Waals surface area contributed by atoms with Crippen LogP contribution >= 0.6 is 0 Å². The van der Waals surface area contributed by atoms with Gasteiger partial charge in [-0.15, -0.1) is 0 Å². The van der Waals surface area contributed by atoms with Gasteiger partial charge in [0.2, 0.25) is 0 Å². The number of rotatable bonds is 9. The third-order valence-electron chi connectivity index (χ3n) is 4.25. The van der Waals surface area contributed by atoms with Crippen molar-refractivity contribution in [2.24, 2.45) is 0 Å². The zero-order chi connectivity index (χ0) is 18.3. The molecule has 1 saturated heterocycles. The second-order valence-corrected chi connectivity index (χ2v) is 6.06. The summed E-state index contributed by atoms with van der Waals surface area (Å²) >= 11 is 0. The smallest absolute Gasteiger partial charge is 0.330 e. The highest BCUT2D eigenvalue weighted by atomic mass is 16.8. The van der Waals surface area contributed by atoms with E-state index in [1.54, 1.807) is 13.0 Å². The highest BCUT2D eigenvalue weighted by molar-refractivity contribution is 5.85. The molecule has 0 amide bonds. The first-order valence-electron chi connectivity index (χ1n) is 7.93. The molecule has 0 unspecified atom stereocenters. The molecule has 7 heteroatoms. The van der Waals surface area contributed by atoms with Gasteiger partial charge >= 0.3 is 5.97 Å². The van der Waals surface area contributed by atoms with Gasteiger partial charge in [0, 0.05) is 19.8 Å². The number of methoxy groups -OCH3 is 2. The first kappa shape index (κ1) is 20.8. The molecule has 1 heterocycles. The average molecular weight is 344 g/mol. The maximum atomic E-state index is 10.7. The van der Waals surface area contributed by atoms with E-state index in [2.05, 4.69) is 0 Å². The van der Waals surface area contributed by atoms with Gasteiger partial charge in [0.1, 0.15) is 11.7 Å². The molecule has 0 bridgehead atoms. The van der Waals surface area contributed by atoms with E-state index in [1.807, 2.05) is 13.0 Å². The van der Waals surface area contributed by atoms with Crippen molar-refractivity contribution in [2.75, 3.05) is 14.2 Å². The summed E-state index contributed by atoms with van der Waals surface area (Å²) in [5, 5.41) is 29.6. The Morgan fingerprint density at radius 1 is 1.21 bits per heavy atom. The molecular weight excluding hydrogens is 316 g/mol. The topological polar surface area (TPSA) is 105 Å². The van der Waals surface area contributed by atoms with Gasteiger partial charge in [-0.25, -0.2) is 4.79 Å². The zero-order valence-corrected chi connectivity index (χ0v) is 14.7. The van der Waals surface area contributed by atoms with Crippen LogP contribution in [0, 0.1) is 0 Å². The molecule has 1 aliphatic rings. The van der Waals surface area contributed by atoms with Crippen molar-refractivity contribution < 1.29 is 34.3 Å². The Labute approximate surface area is 142 Å². The number of carboxylic acid groups (broad SMARTS) is 1. The van der Waals surface area contributed by atoms with Crippen LogP contribution < -0.4 is 0 Å². The average Bonchev–Trinajstić information content (AvgIpc) is 2.78. The van der Waals surface area contributed by atoms with Crippen molar-refractivity contribution in [3.8, 4) is 0 Å². The standard InChI is InChI=1S/C17H28O7/c1-11(7-5-9-12(2)14(19)20)8-6-10-17(21)13(18)15(22-3)24-16(17)23-4/h8-9,13,15-16,18,21H,5-7,10H2,1-4H3,(H,19,20)/b11-8+,12-9+/t13-,15+,16-,17+/m0/s1. The van der Waals surface area contributed by atoms with E-state index in [0.29, 0.717) is 18.4 Å². The molecule has 0 spiro atoms. The third-order valence-corrected chi connectivity index (χ3v) is 4.25. The van der Waals surface area contributed by atoms with E-state index in [4.69, 9.17) is 19.3 Å². The molecule has 3 N–H and O–H groups in total. The number of hydrogen-bond donors (Lipinski definition) is 3. The van der Waals surface area contributed by atoms with E-state index in [-0.39, 0.29) is 6.42 Å². The Hall–Kier alpha value is -1.25. The molecule has 1 fully saturated rings. The number of hydrogen-bond acceptors (Lipinski definition) is 6. The summed E-state index contributed by atoms with van der Waals surface area (Å²) in [4.78, 5) is 10.7. The summed E-state index contributed by atoms with van der Waals surface area (Å²) < 4.78 is 15.4. The fourth-order valence-electron chi connectivity index (χ4n) is 2.65. The fourth-order valence-corrected chi connectivity index (χ4v) is 2.65. The summed E-state index contributed by atoms with van der Waals surface area (Å²) in [6.45, 7) is 3.51. The van der Waals surface area contributed by atoms with E-state index in [1.165, 1.54) is 14.2 Å². The molecule has 0 radical (unpaired) electrons. The minimum absolute atomic E-state index is 0.258. The van der Waals surface area contributed by atoms with Crippen LogP contribution in [0.25, 0.3) is 0 Å². The largest absolute Gasteiger partial charge is 0.478 e. The van der Waals surface area contributed by atoms with Crippen LogP contribution in [-0.2, 0) is 19.0 Å². The van der Waals surface area contributed by atoms with Gasteiger partial charge in [0.25, 0.3) is 0 Å². The summed E-state index contributed by atoms with van der Waals surface area (Å²) in [5.41, 5.74) is -0.123.